The third kappa shape index (κ3) is 2.54. The average molecular weight is 220 g/mol. The van der Waals surface area contributed by atoms with E-state index in [1.165, 1.54) is 0 Å². The summed E-state index contributed by atoms with van der Waals surface area (Å²) in [6, 6.07) is 5.36. The molecule has 1 aliphatic rings. The molecule has 0 aromatic heterocycles. The topological polar surface area (TPSA) is 57.5 Å². The number of aliphatic carboxylic acids is 1. The Kier molecular flexibility index (Phi) is 2.86. The molecule has 0 heterocycles. The molecule has 2 rings (SSSR count). The van der Waals surface area contributed by atoms with E-state index in [2.05, 4.69) is 0 Å². The molecule has 0 spiro atoms. The summed E-state index contributed by atoms with van der Waals surface area (Å²) in [6.07, 6.45) is 2.37. The van der Waals surface area contributed by atoms with Gasteiger partial charge >= 0.3 is 5.97 Å². The Morgan fingerprint density at radius 3 is 2.62 bits per heavy atom. The maximum absolute atomic E-state index is 10.8. The number of rotatable bonds is 4. The summed E-state index contributed by atoms with van der Waals surface area (Å²) in [6.45, 7) is 1.91. The Labute approximate surface area is 94.7 Å². The Bertz CT molecular complexity index is 387. The molecule has 2 N–H and O–H groups in total. The Balaban J connectivity index is 2.26. The number of carboxylic acid groups (broad SMARTS) is 1. The molecule has 1 saturated carbocycles. The van der Waals surface area contributed by atoms with Gasteiger partial charge in [-0.25, -0.2) is 0 Å². The van der Waals surface area contributed by atoms with E-state index in [-0.39, 0.29) is 18.1 Å². The molecular formula is C13H16O3. The van der Waals surface area contributed by atoms with Gasteiger partial charge in [0.1, 0.15) is 5.75 Å². The molecular weight excluding hydrogens is 204 g/mol. The summed E-state index contributed by atoms with van der Waals surface area (Å²) < 4.78 is 0. The fraction of sp³-hybridized carbons (Fsp3) is 0.462. The van der Waals surface area contributed by atoms with Crippen LogP contribution in [0.3, 0.4) is 0 Å². The second-order valence-electron chi connectivity index (χ2n) is 4.64. The lowest BCUT2D eigenvalue weighted by atomic mass is 9.90. The van der Waals surface area contributed by atoms with Crippen LogP contribution in [0.5, 0.6) is 5.75 Å². The van der Waals surface area contributed by atoms with Crippen molar-refractivity contribution in [3.8, 4) is 5.75 Å². The Morgan fingerprint density at radius 1 is 1.44 bits per heavy atom. The lowest BCUT2D eigenvalue weighted by Gasteiger charge is -2.15. The van der Waals surface area contributed by atoms with Gasteiger partial charge in [-0.2, -0.15) is 0 Å². The average Bonchev–Trinajstić information content (AvgIpc) is 2.95. The van der Waals surface area contributed by atoms with Crippen molar-refractivity contribution < 1.29 is 15.0 Å². The van der Waals surface area contributed by atoms with Crippen LogP contribution in [0.2, 0.25) is 0 Å². The smallest absolute Gasteiger partial charge is 0.303 e. The van der Waals surface area contributed by atoms with Crippen molar-refractivity contribution in [2.45, 2.75) is 32.1 Å². The molecule has 0 saturated heterocycles. The molecule has 0 bridgehead atoms. The predicted molar refractivity (Wildman–Crippen MR) is 60.6 cm³/mol. The summed E-state index contributed by atoms with van der Waals surface area (Å²) in [5.41, 5.74) is 1.94. The molecule has 1 aromatic carbocycles. The molecule has 1 aliphatic carbocycles. The van der Waals surface area contributed by atoms with Gasteiger partial charge in [0, 0.05) is 0 Å². The first-order chi connectivity index (χ1) is 7.56. The van der Waals surface area contributed by atoms with Gasteiger partial charge in [-0.1, -0.05) is 6.07 Å². The third-order valence-corrected chi connectivity index (χ3v) is 3.10. The van der Waals surface area contributed by atoms with E-state index in [0.29, 0.717) is 5.92 Å². The largest absolute Gasteiger partial charge is 0.508 e. The van der Waals surface area contributed by atoms with E-state index < -0.39 is 5.97 Å². The molecule has 3 heteroatoms. The van der Waals surface area contributed by atoms with E-state index in [0.717, 1.165) is 24.0 Å². The number of phenols is 1. The van der Waals surface area contributed by atoms with Gasteiger partial charge in [0.25, 0.3) is 0 Å². The van der Waals surface area contributed by atoms with Crippen molar-refractivity contribution in [1.82, 2.24) is 0 Å². The molecule has 3 nitrogen and oxygen atoms in total. The number of aryl methyl sites for hydroxylation is 1. The van der Waals surface area contributed by atoms with E-state index in [1.54, 1.807) is 12.1 Å². The second-order valence-corrected chi connectivity index (χ2v) is 4.64. The summed E-state index contributed by atoms with van der Waals surface area (Å²) >= 11 is 0. The molecule has 0 radical (unpaired) electrons. The maximum atomic E-state index is 10.8. The van der Waals surface area contributed by atoms with Crippen molar-refractivity contribution in [3.05, 3.63) is 29.3 Å². The molecule has 16 heavy (non-hydrogen) atoms. The van der Waals surface area contributed by atoms with E-state index in [1.807, 2.05) is 13.0 Å². The number of carbonyl (C=O) groups is 1. The first-order valence-electron chi connectivity index (χ1n) is 5.58. The Morgan fingerprint density at radius 2 is 2.12 bits per heavy atom. The van der Waals surface area contributed by atoms with Crippen LogP contribution in [0.25, 0.3) is 0 Å². The number of carboxylic acids is 1. The molecule has 1 fully saturated rings. The van der Waals surface area contributed by atoms with Gasteiger partial charge in [-0.05, 0) is 54.9 Å². The minimum Gasteiger partial charge on any atom is -0.508 e. The van der Waals surface area contributed by atoms with Gasteiger partial charge in [-0.3, -0.25) is 4.79 Å². The van der Waals surface area contributed by atoms with Crippen molar-refractivity contribution >= 4 is 5.97 Å². The number of benzene rings is 1. The molecule has 1 aromatic rings. The number of hydrogen-bond acceptors (Lipinski definition) is 2. The summed E-state index contributed by atoms with van der Waals surface area (Å²) in [4.78, 5) is 10.8. The number of aromatic hydroxyl groups is 1. The zero-order valence-corrected chi connectivity index (χ0v) is 9.31. The highest BCUT2D eigenvalue weighted by molar-refractivity contribution is 5.68. The zero-order chi connectivity index (χ0) is 11.7. The molecule has 0 amide bonds. The van der Waals surface area contributed by atoms with Crippen LogP contribution in [0, 0.1) is 12.8 Å². The Hall–Kier alpha value is -1.51. The second kappa shape index (κ2) is 4.16. The van der Waals surface area contributed by atoms with Crippen LogP contribution in [0.15, 0.2) is 18.2 Å². The van der Waals surface area contributed by atoms with Crippen molar-refractivity contribution in [3.63, 3.8) is 0 Å². The van der Waals surface area contributed by atoms with Crippen molar-refractivity contribution in [2.75, 3.05) is 0 Å². The van der Waals surface area contributed by atoms with Gasteiger partial charge in [-0.15, -0.1) is 0 Å². The van der Waals surface area contributed by atoms with Gasteiger partial charge in [0.05, 0.1) is 6.42 Å². The number of hydrogen-bond donors (Lipinski definition) is 2. The lowest BCUT2D eigenvalue weighted by Crippen LogP contribution is -2.08. The highest BCUT2D eigenvalue weighted by Gasteiger charge is 2.33. The maximum Gasteiger partial charge on any atom is 0.303 e. The summed E-state index contributed by atoms with van der Waals surface area (Å²) in [5.74, 6) is 0.00420. The zero-order valence-electron chi connectivity index (χ0n) is 9.31. The summed E-state index contributed by atoms with van der Waals surface area (Å²) in [5, 5.41) is 18.4. The highest BCUT2D eigenvalue weighted by Crippen LogP contribution is 2.45. The first-order valence-corrected chi connectivity index (χ1v) is 5.58. The fourth-order valence-electron chi connectivity index (χ4n) is 2.25. The van der Waals surface area contributed by atoms with E-state index >= 15 is 0 Å². The van der Waals surface area contributed by atoms with Crippen LogP contribution >= 0.6 is 0 Å². The monoisotopic (exact) mass is 220 g/mol. The van der Waals surface area contributed by atoms with Crippen LogP contribution < -0.4 is 0 Å². The van der Waals surface area contributed by atoms with Crippen LogP contribution in [0.1, 0.15) is 36.3 Å². The van der Waals surface area contributed by atoms with E-state index in [9.17, 15) is 9.90 Å². The van der Waals surface area contributed by atoms with Crippen molar-refractivity contribution in [2.24, 2.45) is 5.92 Å². The molecule has 1 unspecified atom stereocenters. The first kappa shape index (κ1) is 11.0. The normalized spacial score (nSPS) is 17.1. The number of phenolic OH excluding ortho intramolecular Hbond substituents is 1. The third-order valence-electron chi connectivity index (χ3n) is 3.10. The minimum atomic E-state index is -0.766. The highest BCUT2D eigenvalue weighted by atomic mass is 16.4. The van der Waals surface area contributed by atoms with Crippen LogP contribution in [0.4, 0.5) is 0 Å². The minimum absolute atomic E-state index is 0.0586. The molecule has 0 aliphatic heterocycles. The summed E-state index contributed by atoms with van der Waals surface area (Å²) in [7, 11) is 0. The van der Waals surface area contributed by atoms with Gasteiger partial charge in [0.15, 0.2) is 0 Å². The van der Waals surface area contributed by atoms with Gasteiger partial charge < -0.3 is 10.2 Å². The SMILES string of the molecule is Cc1cc(O)cc(C(CC(=O)O)C2CC2)c1. The molecule has 86 valence electrons. The van der Waals surface area contributed by atoms with E-state index in [4.69, 9.17) is 5.11 Å². The lowest BCUT2D eigenvalue weighted by molar-refractivity contribution is -0.137. The predicted octanol–water partition coefficient (Wildman–Crippen LogP) is 2.67. The fourth-order valence-corrected chi connectivity index (χ4v) is 2.25. The quantitative estimate of drug-likeness (QED) is 0.820. The van der Waals surface area contributed by atoms with Gasteiger partial charge in [0.2, 0.25) is 0 Å². The van der Waals surface area contributed by atoms with Crippen LogP contribution in [-0.2, 0) is 4.79 Å². The van der Waals surface area contributed by atoms with Crippen LogP contribution in [-0.4, -0.2) is 16.2 Å². The standard InChI is InChI=1S/C13H16O3/c1-8-4-10(6-11(14)5-8)12(7-13(15)16)9-2-3-9/h4-6,9,12,14H,2-3,7H2,1H3,(H,15,16). The van der Waals surface area contributed by atoms with Crippen molar-refractivity contribution in [1.29, 1.82) is 0 Å². The molecule has 1 atom stereocenters.